The number of amides is 1. The van der Waals surface area contributed by atoms with Crippen molar-refractivity contribution in [1.82, 2.24) is 4.90 Å². The van der Waals surface area contributed by atoms with Gasteiger partial charge in [0.25, 0.3) is 5.91 Å². The van der Waals surface area contributed by atoms with E-state index >= 15 is 0 Å². The molecule has 0 spiro atoms. The molecule has 1 amide bonds. The second-order valence-corrected chi connectivity index (χ2v) is 4.42. The van der Waals surface area contributed by atoms with Gasteiger partial charge in [0.2, 0.25) is 0 Å². The molecule has 1 aromatic rings. The Balaban J connectivity index is 2.10. The Labute approximate surface area is 98.4 Å². The molecule has 4 heteroatoms. The zero-order valence-electron chi connectivity index (χ0n) is 9.14. The van der Waals surface area contributed by atoms with Gasteiger partial charge >= 0.3 is 0 Å². The summed E-state index contributed by atoms with van der Waals surface area (Å²) in [4.78, 5) is 25.3. The van der Waals surface area contributed by atoms with Crippen molar-refractivity contribution in [3.8, 4) is 6.07 Å². The Morgan fingerprint density at radius 3 is 2.94 bits per heavy atom. The minimum atomic E-state index is -0.105. The predicted molar refractivity (Wildman–Crippen MR) is 59.2 cm³/mol. The average molecular weight is 226 g/mol. The molecule has 0 saturated carbocycles. The van der Waals surface area contributed by atoms with E-state index in [0.29, 0.717) is 30.5 Å². The molecule has 2 aliphatic rings. The molecule has 4 nitrogen and oxygen atoms in total. The largest absolute Gasteiger partial charge is 0.331 e. The van der Waals surface area contributed by atoms with Crippen LogP contribution in [0.15, 0.2) is 18.2 Å². The van der Waals surface area contributed by atoms with Crippen molar-refractivity contribution in [3.63, 3.8) is 0 Å². The number of rotatable bonds is 0. The number of nitriles is 1. The van der Waals surface area contributed by atoms with E-state index in [-0.39, 0.29) is 17.7 Å². The average Bonchev–Trinajstić information content (AvgIpc) is 2.62. The summed E-state index contributed by atoms with van der Waals surface area (Å²) in [7, 11) is 0. The maximum atomic E-state index is 12.1. The topological polar surface area (TPSA) is 61.2 Å². The molecular weight excluding hydrogens is 216 g/mol. The first-order valence-electron chi connectivity index (χ1n) is 5.57. The van der Waals surface area contributed by atoms with E-state index in [9.17, 15) is 9.59 Å². The minimum absolute atomic E-state index is 0.0467. The lowest BCUT2D eigenvalue weighted by molar-refractivity contribution is -0.122. The molecule has 0 radical (unpaired) electrons. The molecule has 1 atom stereocenters. The Hall–Kier alpha value is -2.15. The van der Waals surface area contributed by atoms with Crippen molar-refractivity contribution >= 4 is 11.7 Å². The predicted octanol–water partition coefficient (Wildman–Crippen LogP) is 1.42. The quantitative estimate of drug-likeness (QED) is 0.672. The van der Waals surface area contributed by atoms with Crippen LogP contribution in [0.1, 0.15) is 40.4 Å². The summed E-state index contributed by atoms with van der Waals surface area (Å²) in [5, 5.41) is 8.83. The van der Waals surface area contributed by atoms with Gasteiger partial charge in [-0.25, -0.2) is 0 Å². The molecule has 1 unspecified atom stereocenters. The number of carbonyl (C=O) groups is 2. The molecule has 84 valence electrons. The van der Waals surface area contributed by atoms with Crippen LogP contribution >= 0.6 is 0 Å². The Morgan fingerprint density at radius 1 is 1.35 bits per heavy atom. The fourth-order valence-corrected chi connectivity index (χ4v) is 2.61. The van der Waals surface area contributed by atoms with Crippen LogP contribution in [0.5, 0.6) is 0 Å². The third kappa shape index (κ3) is 1.36. The minimum Gasteiger partial charge on any atom is -0.331 e. The molecule has 0 aromatic heterocycles. The maximum absolute atomic E-state index is 12.1. The van der Waals surface area contributed by atoms with E-state index in [0.717, 1.165) is 5.56 Å². The first-order chi connectivity index (χ1) is 8.20. The number of nitrogens with zero attached hydrogens (tertiary/aromatic N) is 2. The van der Waals surface area contributed by atoms with Crippen molar-refractivity contribution in [3.05, 3.63) is 34.9 Å². The second kappa shape index (κ2) is 3.42. The summed E-state index contributed by atoms with van der Waals surface area (Å²) < 4.78 is 0. The van der Waals surface area contributed by atoms with E-state index in [4.69, 9.17) is 5.26 Å². The third-order valence-corrected chi connectivity index (χ3v) is 3.46. The van der Waals surface area contributed by atoms with E-state index in [1.165, 1.54) is 0 Å². The third-order valence-electron chi connectivity index (χ3n) is 3.46. The van der Waals surface area contributed by atoms with Gasteiger partial charge < -0.3 is 4.90 Å². The number of benzene rings is 1. The van der Waals surface area contributed by atoms with Gasteiger partial charge in [-0.2, -0.15) is 5.26 Å². The highest BCUT2D eigenvalue weighted by Gasteiger charge is 2.40. The fraction of sp³-hybridized carbons (Fsp3) is 0.308. The Kier molecular flexibility index (Phi) is 2.02. The smallest absolute Gasteiger partial charge is 0.254 e. The molecule has 1 fully saturated rings. The molecule has 3 rings (SSSR count). The van der Waals surface area contributed by atoms with Crippen molar-refractivity contribution in [1.29, 1.82) is 5.26 Å². The number of carbonyl (C=O) groups excluding carboxylic acids is 2. The Bertz CT molecular complexity index is 571. The Morgan fingerprint density at radius 2 is 2.18 bits per heavy atom. The van der Waals surface area contributed by atoms with E-state index < -0.39 is 0 Å². The van der Waals surface area contributed by atoms with Crippen LogP contribution in [-0.2, 0) is 4.79 Å². The normalized spacial score (nSPS) is 22.1. The molecule has 0 bridgehead atoms. The lowest BCUT2D eigenvalue weighted by Crippen LogP contribution is -2.35. The van der Waals surface area contributed by atoms with Crippen LogP contribution in [-0.4, -0.2) is 23.1 Å². The number of Topliss-reactive ketones (excluding diaryl/α,β-unsaturated/α-hetero) is 1. The number of piperidine rings is 1. The molecule has 1 aromatic carbocycles. The van der Waals surface area contributed by atoms with Gasteiger partial charge in [0, 0.05) is 24.9 Å². The van der Waals surface area contributed by atoms with Crippen molar-refractivity contribution in [2.75, 3.05) is 6.54 Å². The molecular formula is C13H10N2O2. The number of ketones is 1. The van der Waals surface area contributed by atoms with Gasteiger partial charge in [-0.1, -0.05) is 6.07 Å². The van der Waals surface area contributed by atoms with Crippen molar-refractivity contribution < 1.29 is 9.59 Å². The van der Waals surface area contributed by atoms with Crippen LogP contribution in [0.2, 0.25) is 0 Å². The van der Waals surface area contributed by atoms with Crippen LogP contribution in [0.3, 0.4) is 0 Å². The fourth-order valence-electron chi connectivity index (χ4n) is 2.61. The standard InChI is InChI=1S/C13H10N2O2/c14-7-8-1-2-10-11(5-8)13(17)15-4-3-9(16)6-12(10)15/h1-2,5,12H,3-4,6H2. The molecule has 1 saturated heterocycles. The molecule has 0 aliphatic carbocycles. The lowest BCUT2D eigenvalue weighted by atomic mass is 9.96. The molecule has 17 heavy (non-hydrogen) atoms. The summed E-state index contributed by atoms with van der Waals surface area (Å²) in [6, 6.07) is 7.05. The highest BCUT2D eigenvalue weighted by molar-refractivity contribution is 6.01. The van der Waals surface area contributed by atoms with Gasteiger partial charge in [0.05, 0.1) is 17.7 Å². The number of fused-ring (bicyclic) bond motifs is 3. The van der Waals surface area contributed by atoms with Crippen molar-refractivity contribution in [2.24, 2.45) is 0 Å². The summed E-state index contributed by atoms with van der Waals surface area (Å²) in [6.07, 6.45) is 0.853. The van der Waals surface area contributed by atoms with Gasteiger partial charge in [0.15, 0.2) is 0 Å². The van der Waals surface area contributed by atoms with Crippen LogP contribution in [0.4, 0.5) is 0 Å². The highest BCUT2D eigenvalue weighted by atomic mass is 16.2. The zero-order valence-corrected chi connectivity index (χ0v) is 9.14. The van der Waals surface area contributed by atoms with Crippen LogP contribution in [0.25, 0.3) is 0 Å². The summed E-state index contributed by atoms with van der Waals surface area (Å²) in [5.41, 5.74) is 1.97. The summed E-state index contributed by atoms with van der Waals surface area (Å²) in [6.45, 7) is 0.499. The van der Waals surface area contributed by atoms with Gasteiger partial charge in [0.1, 0.15) is 5.78 Å². The number of hydrogen-bond donors (Lipinski definition) is 0. The highest BCUT2D eigenvalue weighted by Crippen LogP contribution is 2.38. The van der Waals surface area contributed by atoms with Crippen LogP contribution < -0.4 is 0 Å². The van der Waals surface area contributed by atoms with Gasteiger partial charge in [-0.15, -0.1) is 0 Å². The SMILES string of the molecule is N#Cc1ccc2c(c1)C(=O)N1CCC(=O)CC21. The number of hydrogen-bond acceptors (Lipinski definition) is 3. The van der Waals surface area contributed by atoms with E-state index in [1.807, 2.05) is 6.07 Å². The van der Waals surface area contributed by atoms with E-state index in [1.54, 1.807) is 23.1 Å². The van der Waals surface area contributed by atoms with E-state index in [2.05, 4.69) is 0 Å². The summed E-state index contributed by atoms with van der Waals surface area (Å²) in [5.74, 6) is 0.158. The molecule has 2 aliphatic heterocycles. The maximum Gasteiger partial charge on any atom is 0.254 e. The zero-order chi connectivity index (χ0) is 12.0. The van der Waals surface area contributed by atoms with Gasteiger partial charge in [-0.05, 0) is 17.7 Å². The van der Waals surface area contributed by atoms with Gasteiger partial charge in [-0.3, -0.25) is 9.59 Å². The summed E-state index contributed by atoms with van der Waals surface area (Å²) >= 11 is 0. The monoisotopic (exact) mass is 226 g/mol. The van der Waals surface area contributed by atoms with Crippen LogP contribution in [0, 0.1) is 11.3 Å². The molecule has 0 N–H and O–H groups in total. The van der Waals surface area contributed by atoms with Crippen molar-refractivity contribution in [2.45, 2.75) is 18.9 Å². The lowest BCUT2D eigenvalue weighted by Gasteiger charge is -2.29. The first-order valence-corrected chi connectivity index (χ1v) is 5.57. The first kappa shape index (κ1) is 10.0. The molecule has 2 heterocycles. The second-order valence-electron chi connectivity index (χ2n) is 4.42.